The molecular weight excluding hydrogens is 677 g/mol. The highest BCUT2D eigenvalue weighted by molar-refractivity contribution is 7.00. The summed E-state index contributed by atoms with van der Waals surface area (Å²) in [7, 11) is 0. The first-order valence-electron chi connectivity index (χ1n) is 20.8. The Bertz CT molecular complexity index is 2840. The van der Waals surface area contributed by atoms with Crippen LogP contribution in [0.2, 0.25) is 0 Å². The fraction of sp³-hybridized carbons (Fsp3) is 0.192. The molecule has 3 heterocycles. The van der Waals surface area contributed by atoms with Crippen molar-refractivity contribution in [2.75, 3.05) is 9.80 Å². The predicted molar refractivity (Wildman–Crippen MR) is 235 cm³/mol. The van der Waals surface area contributed by atoms with E-state index < -0.39 is 0 Å². The van der Waals surface area contributed by atoms with E-state index in [-0.39, 0.29) is 6.71 Å². The number of rotatable bonds is 4. The first-order chi connectivity index (χ1) is 27.7. The quantitative estimate of drug-likeness (QED) is 0.168. The number of aromatic nitrogens is 1. The monoisotopic (exact) mass is 719 g/mol. The van der Waals surface area contributed by atoms with Gasteiger partial charge in [0.05, 0.1) is 11.0 Å². The minimum atomic E-state index is 0.0994. The van der Waals surface area contributed by atoms with Gasteiger partial charge in [0.1, 0.15) is 0 Å². The maximum atomic E-state index is 2.62. The summed E-state index contributed by atoms with van der Waals surface area (Å²) in [6, 6.07) is 61.8. The average molecular weight is 720 g/mol. The highest BCUT2D eigenvalue weighted by Gasteiger charge is 2.51. The van der Waals surface area contributed by atoms with Gasteiger partial charge in [-0.1, -0.05) is 91.0 Å². The van der Waals surface area contributed by atoms with Gasteiger partial charge in [-0.2, -0.15) is 0 Å². The van der Waals surface area contributed by atoms with Crippen molar-refractivity contribution in [3.8, 4) is 5.69 Å². The SMILES string of the molecule is c1ccc(N2c3ccccc3B3c4ccc(-n5c6ccccc6c6cc(C78CC9CC(CC(C9)C7)C8)ccc65)cc4N(c4ccccc4)c4cccc2c43)cc1. The van der Waals surface area contributed by atoms with Gasteiger partial charge in [-0.3, -0.25) is 0 Å². The lowest BCUT2D eigenvalue weighted by atomic mass is 9.33. The lowest BCUT2D eigenvalue weighted by Crippen LogP contribution is -2.61. The van der Waals surface area contributed by atoms with Gasteiger partial charge in [-0.15, -0.1) is 0 Å². The van der Waals surface area contributed by atoms with Crippen LogP contribution in [0.25, 0.3) is 27.5 Å². The molecule has 0 radical (unpaired) electrons. The average Bonchev–Trinajstić information content (AvgIpc) is 3.57. The molecular formula is C52H42BN3. The number of fused-ring (bicyclic) bond motifs is 7. The van der Waals surface area contributed by atoms with E-state index in [2.05, 4.69) is 178 Å². The van der Waals surface area contributed by atoms with Gasteiger partial charge in [-0.25, -0.2) is 0 Å². The lowest BCUT2D eigenvalue weighted by molar-refractivity contribution is -0.00512. The van der Waals surface area contributed by atoms with Crippen LogP contribution in [0.3, 0.4) is 0 Å². The summed E-state index contributed by atoms with van der Waals surface area (Å²) in [4.78, 5) is 4.98. The zero-order valence-corrected chi connectivity index (χ0v) is 31.5. The Morgan fingerprint density at radius 3 is 1.71 bits per heavy atom. The van der Waals surface area contributed by atoms with E-state index in [0.29, 0.717) is 5.41 Å². The highest BCUT2D eigenvalue weighted by atomic mass is 15.2. The van der Waals surface area contributed by atoms with E-state index in [1.165, 1.54) is 117 Å². The Kier molecular flexibility index (Phi) is 6.43. The van der Waals surface area contributed by atoms with Crippen molar-refractivity contribution >= 4 is 79.0 Å². The lowest BCUT2D eigenvalue weighted by Gasteiger charge is -2.57. The minimum Gasteiger partial charge on any atom is -0.311 e. The van der Waals surface area contributed by atoms with Gasteiger partial charge in [0.25, 0.3) is 6.71 Å². The molecule has 4 heteroatoms. The number of benzene rings is 7. The summed E-state index contributed by atoms with van der Waals surface area (Å²) in [6.45, 7) is 0.0994. The van der Waals surface area contributed by atoms with Crippen molar-refractivity contribution in [1.82, 2.24) is 4.57 Å². The van der Waals surface area contributed by atoms with Gasteiger partial charge < -0.3 is 14.4 Å². The Morgan fingerprint density at radius 2 is 1.00 bits per heavy atom. The summed E-state index contributed by atoms with van der Waals surface area (Å²) in [5.41, 5.74) is 17.1. The number of hydrogen-bond acceptors (Lipinski definition) is 2. The molecule has 8 aromatic rings. The maximum Gasteiger partial charge on any atom is 0.252 e. The van der Waals surface area contributed by atoms with Crippen molar-refractivity contribution in [2.45, 2.75) is 43.9 Å². The standard InChI is InChI=1S/C52H42BN3/c1-3-12-38(13-4-1)54-47-19-10-8-17-43(47)53-44-24-23-40(30-50(44)55(39-14-5-2-6-15-39)49-21-11-20-48(54)51(49)53)56-45-18-9-7-16-41(45)42-29-37(22-25-46(42)56)52-31-34-26-35(32-52)28-36(27-34)33-52/h1-25,29-30,34-36H,26-28,31-33H2. The summed E-state index contributed by atoms with van der Waals surface area (Å²) in [5, 5.41) is 2.74. The van der Waals surface area contributed by atoms with Gasteiger partial charge >= 0.3 is 0 Å². The van der Waals surface area contributed by atoms with Crippen molar-refractivity contribution < 1.29 is 0 Å². The molecule has 4 bridgehead atoms. The Labute approximate surface area is 328 Å². The molecule has 6 aliphatic rings. The molecule has 2 aliphatic heterocycles. The number of nitrogens with zero attached hydrogens (tertiary/aromatic N) is 3. The highest BCUT2D eigenvalue weighted by Crippen LogP contribution is 2.61. The van der Waals surface area contributed by atoms with E-state index in [9.17, 15) is 0 Å². The fourth-order valence-electron chi connectivity index (χ4n) is 12.8. The Hall–Kier alpha value is -6.00. The molecule has 0 unspecified atom stereocenters. The van der Waals surface area contributed by atoms with Crippen LogP contribution in [0.1, 0.15) is 44.1 Å². The van der Waals surface area contributed by atoms with Gasteiger partial charge in [0.2, 0.25) is 0 Å². The van der Waals surface area contributed by atoms with Crippen LogP contribution in [-0.4, -0.2) is 11.3 Å². The predicted octanol–water partition coefficient (Wildman–Crippen LogP) is 11.3. The summed E-state index contributed by atoms with van der Waals surface area (Å²) in [5.74, 6) is 2.79. The Morgan fingerprint density at radius 1 is 0.429 bits per heavy atom. The molecule has 56 heavy (non-hydrogen) atoms. The molecule has 0 N–H and O–H groups in total. The zero-order chi connectivity index (χ0) is 36.5. The van der Waals surface area contributed by atoms with Crippen molar-refractivity contribution in [3.05, 3.63) is 169 Å². The molecule has 1 aromatic heterocycles. The molecule has 3 nitrogen and oxygen atoms in total. The van der Waals surface area contributed by atoms with E-state index in [4.69, 9.17) is 0 Å². The van der Waals surface area contributed by atoms with Crippen LogP contribution in [0, 0.1) is 17.8 Å². The second-order valence-corrected chi connectivity index (χ2v) is 17.6. The van der Waals surface area contributed by atoms with Crippen LogP contribution in [0.4, 0.5) is 34.1 Å². The van der Waals surface area contributed by atoms with E-state index >= 15 is 0 Å². The minimum absolute atomic E-state index is 0.0994. The third-order valence-corrected chi connectivity index (χ3v) is 14.5. The summed E-state index contributed by atoms with van der Waals surface area (Å²) >= 11 is 0. The molecule has 4 fully saturated rings. The normalized spacial score (nSPS) is 22.7. The van der Waals surface area contributed by atoms with E-state index in [1.54, 1.807) is 5.56 Å². The number of para-hydroxylation sites is 4. The van der Waals surface area contributed by atoms with E-state index in [1.807, 2.05) is 0 Å². The second kappa shape index (κ2) is 11.5. The summed E-state index contributed by atoms with van der Waals surface area (Å²) < 4.78 is 2.54. The molecule has 0 spiro atoms. The molecule has 7 aromatic carbocycles. The molecule has 4 aliphatic carbocycles. The van der Waals surface area contributed by atoms with Crippen LogP contribution in [-0.2, 0) is 5.41 Å². The number of hydrogen-bond donors (Lipinski definition) is 0. The van der Waals surface area contributed by atoms with Gasteiger partial charge in [0, 0.05) is 50.6 Å². The van der Waals surface area contributed by atoms with Crippen molar-refractivity contribution in [2.24, 2.45) is 17.8 Å². The molecule has 0 saturated heterocycles. The fourth-order valence-corrected chi connectivity index (χ4v) is 12.8. The third-order valence-electron chi connectivity index (χ3n) is 14.5. The van der Waals surface area contributed by atoms with Crippen LogP contribution >= 0.6 is 0 Å². The largest absolute Gasteiger partial charge is 0.311 e. The zero-order valence-electron chi connectivity index (χ0n) is 31.5. The van der Waals surface area contributed by atoms with Crippen molar-refractivity contribution in [1.29, 1.82) is 0 Å². The van der Waals surface area contributed by atoms with E-state index in [0.717, 1.165) is 17.8 Å². The van der Waals surface area contributed by atoms with Crippen LogP contribution in [0.5, 0.6) is 0 Å². The first-order valence-corrected chi connectivity index (χ1v) is 20.8. The topological polar surface area (TPSA) is 11.4 Å². The van der Waals surface area contributed by atoms with Gasteiger partial charge in [0.15, 0.2) is 0 Å². The van der Waals surface area contributed by atoms with Gasteiger partial charge in [-0.05, 0) is 156 Å². The molecule has 0 atom stereocenters. The third kappa shape index (κ3) is 4.30. The summed E-state index contributed by atoms with van der Waals surface area (Å²) in [6.07, 6.45) is 8.59. The first kappa shape index (κ1) is 31.2. The second-order valence-electron chi connectivity index (χ2n) is 17.6. The Balaban J connectivity index is 1.03. The molecule has 0 amide bonds. The smallest absolute Gasteiger partial charge is 0.252 e. The van der Waals surface area contributed by atoms with Crippen molar-refractivity contribution in [3.63, 3.8) is 0 Å². The number of anilines is 6. The molecule has 268 valence electrons. The maximum absolute atomic E-state index is 2.62. The molecule has 4 saturated carbocycles. The van der Waals surface area contributed by atoms with Crippen LogP contribution in [0.15, 0.2) is 164 Å². The van der Waals surface area contributed by atoms with Crippen LogP contribution < -0.4 is 26.2 Å². The molecule has 14 rings (SSSR count).